The van der Waals surface area contributed by atoms with Crippen molar-refractivity contribution in [3.63, 3.8) is 0 Å². The zero-order chi connectivity index (χ0) is 18.1. The van der Waals surface area contributed by atoms with E-state index in [1.807, 2.05) is 31.2 Å². The lowest BCUT2D eigenvalue weighted by atomic mass is 10.1. The number of para-hydroxylation sites is 1. The van der Waals surface area contributed by atoms with Crippen molar-refractivity contribution in [2.45, 2.75) is 23.9 Å². The molecule has 3 heterocycles. The summed E-state index contributed by atoms with van der Waals surface area (Å²) in [5.41, 5.74) is 3.08. The highest BCUT2D eigenvalue weighted by Crippen LogP contribution is 2.51. The van der Waals surface area contributed by atoms with Crippen LogP contribution in [0.3, 0.4) is 0 Å². The number of amides is 1. The van der Waals surface area contributed by atoms with Crippen LogP contribution in [0.1, 0.15) is 27.7 Å². The van der Waals surface area contributed by atoms with Crippen molar-refractivity contribution < 1.29 is 13.2 Å². The predicted molar refractivity (Wildman–Crippen MR) is 97.4 cm³/mol. The monoisotopic (exact) mass is 367 g/mol. The van der Waals surface area contributed by atoms with Crippen molar-refractivity contribution >= 4 is 26.8 Å². The summed E-state index contributed by atoms with van der Waals surface area (Å²) in [6.45, 7) is 2.23. The molecule has 3 aromatic rings. The van der Waals surface area contributed by atoms with E-state index in [-0.39, 0.29) is 22.9 Å². The van der Waals surface area contributed by atoms with Crippen molar-refractivity contribution in [1.82, 2.24) is 14.6 Å². The second kappa shape index (κ2) is 5.18. The molecule has 2 aromatic carbocycles. The van der Waals surface area contributed by atoms with Gasteiger partial charge in [0.2, 0.25) is 10.0 Å². The Labute approximate surface area is 150 Å². The number of nitrogens with one attached hydrogen (secondary N) is 2. The first kappa shape index (κ1) is 15.6. The van der Waals surface area contributed by atoms with Gasteiger partial charge in [-0.05, 0) is 25.1 Å². The summed E-state index contributed by atoms with van der Waals surface area (Å²) in [4.78, 5) is 15.8. The Kier molecular flexibility index (Phi) is 3.11. The van der Waals surface area contributed by atoms with E-state index in [1.165, 1.54) is 4.31 Å². The number of hydrogen-bond donors (Lipinski definition) is 2. The standard InChI is InChI=1S/C19H17N3O3S/c1-11-6-8-12(9-7-11)26(24,25)22-15-10-20-19(23)17-16(18(15)22)13-4-2-3-5-14(13)21-17/h2-9,15,18,21H,10H2,1H3,(H,20,23)/t15-,18-,22?/m0/s1. The number of H-pyrrole nitrogens is 1. The molecule has 0 bridgehead atoms. The van der Waals surface area contributed by atoms with E-state index in [2.05, 4.69) is 10.3 Å². The van der Waals surface area contributed by atoms with E-state index >= 15 is 0 Å². The molecule has 26 heavy (non-hydrogen) atoms. The SMILES string of the molecule is Cc1ccc(S(=O)(=O)N2[C@@H]3c4c([nH]c5ccccc45)C(=O)NC[C@@H]32)cc1. The van der Waals surface area contributed by atoms with Gasteiger partial charge in [-0.15, -0.1) is 0 Å². The summed E-state index contributed by atoms with van der Waals surface area (Å²) < 4.78 is 27.8. The van der Waals surface area contributed by atoms with Crippen molar-refractivity contribution in [3.05, 3.63) is 65.4 Å². The van der Waals surface area contributed by atoms with Gasteiger partial charge in [0.05, 0.1) is 17.0 Å². The summed E-state index contributed by atoms with van der Waals surface area (Å²) in [5, 5.41) is 3.74. The van der Waals surface area contributed by atoms with Crippen LogP contribution in [0.4, 0.5) is 0 Å². The van der Waals surface area contributed by atoms with Gasteiger partial charge >= 0.3 is 0 Å². The molecular weight excluding hydrogens is 350 g/mol. The van der Waals surface area contributed by atoms with Gasteiger partial charge in [-0.2, -0.15) is 4.31 Å². The van der Waals surface area contributed by atoms with E-state index in [1.54, 1.807) is 24.3 Å². The molecule has 0 spiro atoms. The summed E-state index contributed by atoms with van der Waals surface area (Å²) in [6.07, 6.45) is 0. The number of hydrogen-bond acceptors (Lipinski definition) is 3. The zero-order valence-electron chi connectivity index (χ0n) is 14.1. The van der Waals surface area contributed by atoms with E-state index in [9.17, 15) is 13.2 Å². The molecule has 5 rings (SSSR count). The maximum absolute atomic E-state index is 13.1. The molecule has 2 aliphatic rings. The van der Waals surface area contributed by atoms with Gasteiger partial charge in [-0.25, -0.2) is 8.42 Å². The Morgan fingerprint density at radius 3 is 2.58 bits per heavy atom. The molecular formula is C19H17N3O3S. The molecule has 132 valence electrons. The predicted octanol–water partition coefficient (Wildman–Crippen LogP) is 2.33. The highest BCUT2D eigenvalue weighted by atomic mass is 32.2. The first-order valence-electron chi connectivity index (χ1n) is 8.47. The van der Waals surface area contributed by atoms with Crippen LogP contribution in [0.15, 0.2) is 53.4 Å². The average molecular weight is 367 g/mol. The largest absolute Gasteiger partial charge is 0.350 e. The molecule has 2 N–H and O–H groups in total. The molecule has 2 aliphatic heterocycles. The highest BCUT2D eigenvalue weighted by molar-refractivity contribution is 7.89. The molecule has 3 atom stereocenters. The third-order valence-corrected chi connectivity index (χ3v) is 7.13. The normalized spacial score (nSPS) is 24.5. The summed E-state index contributed by atoms with van der Waals surface area (Å²) in [5.74, 6) is -0.184. The maximum atomic E-state index is 13.1. The number of aromatic nitrogens is 1. The first-order chi connectivity index (χ1) is 12.5. The van der Waals surface area contributed by atoms with Crippen LogP contribution in [-0.4, -0.2) is 36.2 Å². The van der Waals surface area contributed by atoms with E-state index in [4.69, 9.17) is 0 Å². The topological polar surface area (TPSA) is 82.0 Å². The zero-order valence-corrected chi connectivity index (χ0v) is 14.9. The van der Waals surface area contributed by atoms with Gasteiger partial charge in [0.1, 0.15) is 5.69 Å². The minimum Gasteiger partial charge on any atom is -0.350 e. The number of rotatable bonds is 2. The molecule has 1 fully saturated rings. The number of aryl methyl sites for hydroxylation is 1. The van der Waals surface area contributed by atoms with Gasteiger partial charge < -0.3 is 10.3 Å². The Bertz CT molecular complexity index is 1150. The van der Waals surface area contributed by atoms with Crippen LogP contribution >= 0.6 is 0 Å². The third kappa shape index (κ3) is 2.07. The van der Waals surface area contributed by atoms with Gasteiger partial charge in [0, 0.05) is 23.0 Å². The minimum absolute atomic E-state index is 0.184. The summed E-state index contributed by atoms with van der Waals surface area (Å²) in [6, 6.07) is 13.9. The van der Waals surface area contributed by atoms with Gasteiger partial charge in [0.15, 0.2) is 0 Å². The van der Waals surface area contributed by atoms with Crippen LogP contribution in [0.5, 0.6) is 0 Å². The fourth-order valence-corrected chi connectivity index (χ4v) is 5.63. The van der Waals surface area contributed by atoms with Crippen molar-refractivity contribution in [2.75, 3.05) is 6.54 Å². The smallest absolute Gasteiger partial charge is 0.268 e. The third-order valence-electron chi connectivity index (χ3n) is 5.21. The number of fused-ring (bicyclic) bond motifs is 5. The Balaban J connectivity index is 1.64. The Morgan fingerprint density at radius 1 is 1.08 bits per heavy atom. The van der Waals surface area contributed by atoms with Gasteiger partial charge in [-0.1, -0.05) is 35.9 Å². The summed E-state index contributed by atoms with van der Waals surface area (Å²) >= 11 is 0. The fourth-order valence-electron chi connectivity index (χ4n) is 3.87. The number of carbonyl (C=O) groups excluding carboxylic acids is 1. The first-order valence-corrected chi connectivity index (χ1v) is 9.91. The quantitative estimate of drug-likeness (QED) is 0.682. The lowest BCUT2D eigenvalue weighted by molar-refractivity contribution is 0.0949. The fraction of sp³-hybridized carbons (Fsp3) is 0.211. The van der Waals surface area contributed by atoms with Gasteiger partial charge in [0.25, 0.3) is 5.91 Å². The molecule has 0 saturated carbocycles. The molecule has 1 saturated heterocycles. The lowest BCUT2D eigenvalue weighted by Gasteiger charge is -2.10. The van der Waals surface area contributed by atoms with E-state index in [0.29, 0.717) is 12.2 Å². The van der Waals surface area contributed by atoms with Gasteiger partial charge in [-0.3, -0.25) is 4.79 Å². The number of aromatic amines is 1. The van der Waals surface area contributed by atoms with Crippen LogP contribution in [0, 0.1) is 6.92 Å². The molecule has 0 aliphatic carbocycles. The van der Waals surface area contributed by atoms with Crippen LogP contribution in [0.2, 0.25) is 0 Å². The number of carbonyl (C=O) groups is 1. The minimum atomic E-state index is -3.62. The Morgan fingerprint density at radius 2 is 1.81 bits per heavy atom. The second-order valence-electron chi connectivity index (χ2n) is 6.83. The van der Waals surface area contributed by atoms with Crippen LogP contribution < -0.4 is 5.32 Å². The molecule has 1 aromatic heterocycles. The van der Waals surface area contributed by atoms with E-state index < -0.39 is 10.0 Å². The molecule has 0 radical (unpaired) electrons. The molecule has 6 nitrogen and oxygen atoms in total. The molecule has 1 unspecified atom stereocenters. The van der Waals surface area contributed by atoms with Crippen molar-refractivity contribution in [2.24, 2.45) is 0 Å². The summed E-state index contributed by atoms with van der Waals surface area (Å²) in [7, 11) is -3.62. The highest BCUT2D eigenvalue weighted by Gasteiger charge is 2.59. The molecule has 7 heteroatoms. The van der Waals surface area contributed by atoms with Crippen LogP contribution in [0.25, 0.3) is 10.9 Å². The maximum Gasteiger partial charge on any atom is 0.268 e. The average Bonchev–Trinajstić information content (AvgIpc) is 3.26. The Hall–Kier alpha value is -2.64. The number of benzene rings is 2. The van der Waals surface area contributed by atoms with Crippen molar-refractivity contribution in [3.8, 4) is 0 Å². The lowest BCUT2D eigenvalue weighted by Crippen LogP contribution is -2.30. The molecule has 1 amide bonds. The van der Waals surface area contributed by atoms with Crippen LogP contribution in [-0.2, 0) is 10.0 Å². The number of nitrogens with zero attached hydrogens (tertiary/aromatic N) is 1. The number of sulfonamides is 1. The second-order valence-corrected chi connectivity index (χ2v) is 8.67. The van der Waals surface area contributed by atoms with E-state index in [0.717, 1.165) is 22.0 Å². The van der Waals surface area contributed by atoms with Crippen molar-refractivity contribution in [1.29, 1.82) is 0 Å².